The molecule has 0 aromatic carbocycles. The Labute approximate surface area is 80.8 Å². The number of fused-ring (bicyclic) bond motifs is 1. The number of hydrogen-bond donors (Lipinski definition) is 1. The van der Waals surface area contributed by atoms with Gasteiger partial charge in [-0.3, -0.25) is 4.99 Å². The van der Waals surface area contributed by atoms with Crippen LogP contribution in [0.5, 0.6) is 0 Å². The molecule has 1 heterocycles. The van der Waals surface area contributed by atoms with Crippen molar-refractivity contribution >= 4 is 6.34 Å². The molecule has 0 amide bonds. The second kappa shape index (κ2) is 3.32. The minimum atomic E-state index is 0.548. The van der Waals surface area contributed by atoms with Gasteiger partial charge in [0.05, 0.1) is 12.4 Å². The molecule has 1 saturated carbocycles. The summed E-state index contributed by atoms with van der Waals surface area (Å²) in [6.07, 6.45) is 7.24. The SMILES string of the molecule is CC1(C)CCC2CNC=NC2CC1. The monoisotopic (exact) mass is 180 g/mol. The Balaban J connectivity index is 2.05. The van der Waals surface area contributed by atoms with Gasteiger partial charge in [-0.15, -0.1) is 0 Å². The third-order valence-corrected chi connectivity index (χ3v) is 3.59. The highest BCUT2D eigenvalue weighted by Gasteiger charge is 2.31. The Kier molecular flexibility index (Phi) is 2.31. The zero-order valence-corrected chi connectivity index (χ0v) is 8.71. The van der Waals surface area contributed by atoms with Gasteiger partial charge in [0.15, 0.2) is 0 Å². The predicted molar refractivity (Wildman–Crippen MR) is 56.0 cm³/mol. The summed E-state index contributed by atoms with van der Waals surface area (Å²) in [4.78, 5) is 4.54. The van der Waals surface area contributed by atoms with Crippen LogP contribution < -0.4 is 5.32 Å². The summed E-state index contributed by atoms with van der Waals surface area (Å²) in [5.41, 5.74) is 0.548. The average molecular weight is 180 g/mol. The zero-order valence-electron chi connectivity index (χ0n) is 8.71. The van der Waals surface area contributed by atoms with E-state index in [9.17, 15) is 0 Å². The van der Waals surface area contributed by atoms with Crippen LogP contribution in [0.3, 0.4) is 0 Å². The van der Waals surface area contributed by atoms with Crippen molar-refractivity contribution < 1.29 is 0 Å². The smallest absolute Gasteiger partial charge is 0.0827 e. The van der Waals surface area contributed by atoms with E-state index in [2.05, 4.69) is 24.2 Å². The van der Waals surface area contributed by atoms with Gasteiger partial charge < -0.3 is 5.32 Å². The summed E-state index contributed by atoms with van der Waals surface area (Å²) in [6.45, 7) is 5.92. The first-order valence-electron chi connectivity index (χ1n) is 5.42. The van der Waals surface area contributed by atoms with E-state index in [4.69, 9.17) is 0 Å². The van der Waals surface area contributed by atoms with Gasteiger partial charge in [-0.1, -0.05) is 13.8 Å². The van der Waals surface area contributed by atoms with Gasteiger partial charge in [-0.05, 0) is 37.0 Å². The number of aliphatic imine (C=N–C) groups is 1. The van der Waals surface area contributed by atoms with Gasteiger partial charge in [0.1, 0.15) is 0 Å². The highest BCUT2D eigenvalue weighted by Crippen LogP contribution is 2.37. The van der Waals surface area contributed by atoms with E-state index >= 15 is 0 Å². The van der Waals surface area contributed by atoms with Crippen LogP contribution in [0.25, 0.3) is 0 Å². The minimum Gasteiger partial charge on any atom is -0.376 e. The van der Waals surface area contributed by atoms with Gasteiger partial charge in [-0.2, -0.15) is 0 Å². The molecule has 0 spiro atoms. The average Bonchev–Trinajstić information content (AvgIpc) is 2.27. The maximum atomic E-state index is 4.54. The molecule has 2 rings (SSSR count). The molecule has 74 valence electrons. The summed E-state index contributed by atoms with van der Waals surface area (Å²) < 4.78 is 0. The number of hydrogen-bond acceptors (Lipinski definition) is 2. The van der Waals surface area contributed by atoms with Crippen LogP contribution in [0.15, 0.2) is 4.99 Å². The van der Waals surface area contributed by atoms with Crippen LogP contribution >= 0.6 is 0 Å². The predicted octanol–water partition coefficient (Wildman–Crippen LogP) is 2.20. The van der Waals surface area contributed by atoms with Crippen molar-refractivity contribution in [3.63, 3.8) is 0 Å². The molecule has 2 atom stereocenters. The third-order valence-electron chi connectivity index (χ3n) is 3.59. The highest BCUT2D eigenvalue weighted by atomic mass is 15.0. The summed E-state index contributed by atoms with van der Waals surface area (Å²) in [6, 6.07) is 0.614. The molecular formula is C11H20N2. The van der Waals surface area contributed by atoms with Gasteiger partial charge in [0, 0.05) is 6.54 Å². The molecule has 2 heteroatoms. The van der Waals surface area contributed by atoms with Crippen molar-refractivity contribution in [1.29, 1.82) is 0 Å². The maximum absolute atomic E-state index is 4.54. The van der Waals surface area contributed by atoms with Gasteiger partial charge in [0.25, 0.3) is 0 Å². The molecule has 1 aliphatic heterocycles. The Bertz CT molecular complexity index is 208. The van der Waals surface area contributed by atoms with Crippen molar-refractivity contribution in [2.45, 2.75) is 45.6 Å². The van der Waals surface area contributed by atoms with E-state index in [0.717, 1.165) is 12.5 Å². The van der Waals surface area contributed by atoms with Gasteiger partial charge in [0.2, 0.25) is 0 Å². The van der Waals surface area contributed by atoms with Crippen LogP contribution in [-0.4, -0.2) is 18.9 Å². The second-order valence-electron chi connectivity index (χ2n) is 5.26. The quantitative estimate of drug-likeness (QED) is 0.607. The lowest BCUT2D eigenvalue weighted by Crippen LogP contribution is -2.34. The Morgan fingerprint density at radius 3 is 2.92 bits per heavy atom. The van der Waals surface area contributed by atoms with Crippen LogP contribution in [0.4, 0.5) is 0 Å². The van der Waals surface area contributed by atoms with Gasteiger partial charge in [-0.25, -0.2) is 0 Å². The first kappa shape index (κ1) is 9.04. The second-order valence-corrected chi connectivity index (χ2v) is 5.26. The van der Waals surface area contributed by atoms with Crippen LogP contribution in [0.1, 0.15) is 39.5 Å². The molecule has 1 N–H and O–H groups in total. The number of nitrogens with one attached hydrogen (secondary N) is 1. The zero-order chi connectivity index (χ0) is 9.31. The molecule has 2 nitrogen and oxygen atoms in total. The lowest BCUT2D eigenvalue weighted by molar-refractivity contribution is 0.308. The topological polar surface area (TPSA) is 24.4 Å². The molecule has 0 bridgehead atoms. The van der Waals surface area contributed by atoms with E-state index in [-0.39, 0.29) is 0 Å². The lowest BCUT2D eigenvalue weighted by atomic mass is 9.85. The van der Waals surface area contributed by atoms with E-state index in [0.29, 0.717) is 11.5 Å². The first-order valence-corrected chi connectivity index (χ1v) is 5.42. The van der Waals surface area contributed by atoms with Crippen molar-refractivity contribution in [3.05, 3.63) is 0 Å². The molecule has 0 aromatic rings. The summed E-state index contributed by atoms with van der Waals surface area (Å²) in [7, 11) is 0. The Morgan fingerprint density at radius 1 is 1.31 bits per heavy atom. The van der Waals surface area contributed by atoms with Crippen LogP contribution in [-0.2, 0) is 0 Å². The molecule has 1 fully saturated rings. The maximum Gasteiger partial charge on any atom is 0.0827 e. The fraction of sp³-hybridized carbons (Fsp3) is 0.909. The van der Waals surface area contributed by atoms with Crippen LogP contribution in [0.2, 0.25) is 0 Å². The van der Waals surface area contributed by atoms with Gasteiger partial charge >= 0.3 is 0 Å². The van der Waals surface area contributed by atoms with E-state index in [1.807, 2.05) is 6.34 Å². The van der Waals surface area contributed by atoms with Crippen molar-refractivity contribution in [1.82, 2.24) is 5.32 Å². The molecule has 2 unspecified atom stereocenters. The van der Waals surface area contributed by atoms with E-state index in [1.165, 1.54) is 25.7 Å². The fourth-order valence-electron chi connectivity index (χ4n) is 2.45. The largest absolute Gasteiger partial charge is 0.376 e. The molecule has 0 radical (unpaired) electrons. The summed E-state index contributed by atoms with van der Waals surface area (Å²) >= 11 is 0. The van der Waals surface area contributed by atoms with E-state index < -0.39 is 0 Å². The van der Waals surface area contributed by atoms with E-state index in [1.54, 1.807) is 0 Å². The molecule has 0 aromatic heterocycles. The molecule has 1 aliphatic carbocycles. The summed E-state index contributed by atoms with van der Waals surface area (Å²) in [5, 5.41) is 3.25. The number of nitrogens with zero attached hydrogens (tertiary/aromatic N) is 1. The molecule has 13 heavy (non-hydrogen) atoms. The fourth-order valence-corrected chi connectivity index (χ4v) is 2.45. The molecule has 0 saturated heterocycles. The number of rotatable bonds is 0. The van der Waals surface area contributed by atoms with Crippen molar-refractivity contribution in [2.75, 3.05) is 6.54 Å². The minimum absolute atomic E-state index is 0.548. The highest BCUT2D eigenvalue weighted by molar-refractivity contribution is 5.55. The molecular weight excluding hydrogens is 160 g/mol. The standard InChI is InChI=1S/C11H20N2/c1-11(2)5-3-9-7-12-8-13-10(9)4-6-11/h8-10H,3-7H2,1-2H3,(H,12,13). The normalized spacial score (nSPS) is 37.4. The lowest BCUT2D eigenvalue weighted by Gasteiger charge is -2.25. The summed E-state index contributed by atoms with van der Waals surface area (Å²) in [5.74, 6) is 0.798. The Hall–Kier alpha value is -0.530. The Morgan fingerprint density at radius 2 is 2.08 bits per heavy atom. The van der Waals surface area contributed by atoms with Crippen molar-refractivity contribution in [3.8, 4) is 0 Å². The third kappa shape index (κ3) is 2.04. The molecule has 2 aliphatic rings. The van der Waals surface area contributed by atoms with Crippen molar-refractivity contribution in [2.24, 2.45) is 16.3 Å². The first-order chi connectivity index (χ1) is 6.17. The van der Waals surface area contributed by atoms with Crippen LogP contribution in [0, 0.1) is 11.3 Å².